The van der Waals surface area contributed by atoms with Gasteiger partial charge in [0.05, 0.1) is 0 Å². The fourth-order valence-corrected chi connectivity index (χ4v) is 0.838. The first-order chi connectivity index (χ1) is 6.09. The van der Waals surface area contributed by atoms with Crippen LogP contribution in [-0.2, 0) is 4.79 Å². The summed E-state index contributed by atoms with van der Waals surface area (Å²) < 4.78 is 4.91. The highest BCUT2D eigenvalue weighted by atomic mass is 35.5. The van der Waals surface area contributed by atoms with Gasteiger partial charge < -0.3 is 10.5 Å². The van der Waals surface area contributed by atoms with E-state index >= 15 is 0 Å². The molecule has 0 saturated carbocycles. The molecule has 1 unspecified atom stereocenters. The van der Waals surface area contributed by atoms with Crippen molar-refractivity contribution in [3.63, 3.8) is 0 Å². The minimum atomic E-state index is -0.615. The van der Waals surface area contributed by atoms with Crippen LogP contribution in [0.25, 0.3) is 0 Å². The summed E-state index contributed by atoms with van der Waals surface area (Å²) in [6, 6.07) is 5.90. The number of carbonyl (C=O) groups is 1. The molecule has 70 valence electrons. The predicted octanol–water partition coefficient (Wildman–Crippen LogP) is 1.59. The van der Waals surface area contributed by atoms with Crippen molar-refractivity contribution < 1.29 is 9.53 Å². The zero-order valence-electron chi connectivity index (χ0n) is 7.16. The van der Waals surface area contributed by atoms with Gasteiger partial charge >= 0.3 is 5.97 Å². The van der Waals surface area contributed by atoms with Gasteiger partial charge in [-0.2, -0.15) is 0 Å². The molecular weight excluding hydrogens is 190 g/mol. The average molecular weight is 200 g/mol. The summed E-state index contributed by atoms with van der Waals surface area (Å²) in [6.45, 7) is 1.57. The second-order valence-corrected chi connectivity index (χ2v) is 3.10. The SMILES string of the molecule is CC(N)C(=O)Oc1ccc(Cl)cc1. The molecule has 0 fully saturated rings. The third-order valence-electron chi connectivity index (χ3n) is 1.40. The van der Waals surface area contributed by atoms with Crippen molar-refractivity contribution in [2.24, 2.45) is 5.73 Å². The lowest BCUT2D eigenvalue weighted by Crippen LogP contribution is -2.30. The maximum Gasteiger partial charge on any atom is 0.328 e. The van der Waals surface area contributed by atoms with Crippen molar-refractivity contribution in [3.05, 3.63) is 29.3 Å². The number of rotatable bonds is 2. The Morgan fingerprint density at radius 3 is 2.46 bits per heavy atom. The van der Waals surface area contributed by atoms with Gasteiger partial charge in [-0.15, -0.1) is 0 Å². The maximum atomic E-state index is 11.0. The van der Waals surface area contributed by atoms with E-state index < -0.39 is 12.0 Å². The lowest BCUT2D eigenvalue weighted by Gasteiger charge is -2.05. The molecule has 4 heteroatoms. The molecule has 2 N–H and O–H groups in total. The largest absolute Gasteiger partial charge is 0.425 e. The van der Waals surface area contributed by atoms with Crippen LogP contribution in [-0.4, -0.2) is 12.0 Å². The monoisotopic (exact) mass is 199 g/mol. The molecule has 1 aromatic carbocycles. The van der Waals surface area contributed by atoms with E-state index in [1.54, 1.807) is 31.2 Å². The van der Waals surface area contributed by atoms with Crippen LogP contribution in [0, 0.1) is 0 Å². The Morgan fingerprint density at radius 1 is 1.46 bits per heavy atom. The van der Waals surface area contributed by atoms with Gasteiger partial charge in [0.1, 0.15) is 11.8 Å². The van der Waals surface area contributed by atoms with Gasteiger partial charge in [-0.05, 0) is 31.2 Å². The second-order valence-electron chi connectivity index (χ2n) is 2.66. The average Bonchev–Trinajstić information content (AvgIpc) is 2.08. The van der Waals surface area contributed by atoms with Crippen molar-refractivity contribution in [1.29, 1.82) is 0 Å². The van der Waals surface area contributed by atoms with E-state index in [1.807, 2.05) is 0 Å². The molecule has 3 nitrogen and oxygen atoms in total. The summed E-state index contributed by atoms with van der Waals surface area (Å²) in [6.07, 6.45) is 0. The van der Waals surface area contributed by atoms with Gasteiger partial charge in [0.25, 0.3) is 0 Å². The number of nitrogens with two attached hydrogens (primary N) is 1. The Morgan fingerprint density at radius 2 is 2.00 bits per heavy atom. The van der Waals surface area contributed by atoms with Crippen LogP contribution >= 0.6 is 11.6 Å². The van der Waals surface area contributed by atoms with Crippen molar-refractivity contribution in [2.75, 3.05) is 0 Å². The first-order valence-corrected chi connectivity index (χ1v) is 4.20. The van der Waals surface area contributed by atoms with Gasteiger partial charge in [0, 0.05) is 5.02 Å². The van der Waals surface area contributed by atoms with Crippen molar-refractivity contribution in [3.8, 4) is 5.75 Å². The minimum Gasteiger partial charge on any atom is -0.425 e. The zero-order chi connectivity index (χ0) is 9.84. The van der Waals surface area contributed by atoms with Gasteiger partial charge in [0.15, 0.2) is 0 Å². The fourth-order valence-electron chi connectivity index (χ4n) is 0.712. The van der Waals surface area contributed by atoms with Crippen molar-refractivity contribution in [2.45, 2.75) is 13.0 Å². The number of carbonyl (C=O) groups excluding carboxylic acids is 1. The van der Waals surface area contributed by atoms with E-state index in [0.29, 0.717) is 10.8 Å². The third-order valence-corrected chi connectivity index (χ3v) is 1.66. The summed E-state index contributed by atoms with van der Waals surface area (Å²) in [5, 5.41) is 0.598. The van der Waals surface area contributed by atoms with E-state index in [2.05, 4.69) is 0 Å². The van der Waals surface area contributed by atoms with Crippen LogP contribution in [0.5, 0.6) is 5.75 Å². The topological polar surface area (TPSA) is 52.3 Å². The molecule has 13 heavy (non-hydrogen) atoms. The molecule has 1 aromatic rings. The van der Waals surface area contributed by atoms with E-state index in [-0.39, 0.29) is 0 Å². The molecule has 0 aromatic heterocycles. The van der Waals surface area contributed by atoms with Crippen LogP contribution in [0.15, 0.2) is 24.3 Å². The second kappa shape index (κ2) is 4.25. The summed E-state index contributed by atoms with van der Waals surface area (Å²) in [4.78, 5) is 11.0. The molecule has 0 aliphatic rings. The molecule has 1 atom stereocenters. The van der Waals surface area contributed by atoms with Crippen molar-refractivity contribution in [1.82, 2.24) is 0 Å². The Kier molecular flexibility index (Phi) is 3.28. The quantitative estimate of drug-likeness (QED) is 0.582. The first kappa shape index (κ1) is 10.0. The standard InChI is InChI=1S/C9H10ClNO2/c1-6(11)9(12)13-8-4-2-7(10)3-5-8/h2-6H,11H2,1H3. The smallest absolute Gasteiger partial charge is 0.328 e. The van der Waals surface area contributed by atoms with E-state index in [0.717, 1.165) is 0 Å². The normalized spacial score (nSPS) is 12.2. The number of hydrogen-bond acceptors (Lipinski definition) is 3. The van der Waals surface area contributed by atoms with Crippen molar-refractivity contribution >= 4 is 17.6 Å². The minimum absolute atomic E-state index is 0.451. The van der Waals surface area contributed by atoms with E-state index in [4.69, 9.17) is 22.1 Å². The van der Waals surface area contributed by atoms with E-state index in [9.17, 15) is 4.79 Å². The highest BCUT2D eigenvalue weighted by Gasteiger charge is 2.09. The molecule has 0 saturated heterocycles. The number of benzene rings is 1. The summed E-state index contributed by atoms with van der Waals surface area (Å²) >= 11 is 5.65. The van der Waals surface area contributed by atoms with Crippen LogP contribution in [0.3, 0.4) is 0 Å². The van der Waals surface area contributed by atoms with Crippen LogP contribution in [0.4, 0.5) is 0 Å². The van der Waals surface area contributed by atoms with Gasteiger partial charge in [-0.25, -0.2) is 4.79 Å². The van der Waals surface area contributed by atoms with Crippen LogP contribution < -0.4 is 10.5 Å². The molecule has 1 rings (SSSR count). The number of hydrogen-bond donors (Lipinski definition) is 1. The zero-order valence-corrected chi connectivity index (χ0v) is 7.91. The number of halogens is 1. The summed E-state index contributed by atoms with van der Waals surface area (Å²) in [5.74, 6) is -0.00553. The van der Waals surface area contributed by atoms with Crippen LogP contribution in [0.1, 0.15) is 6.92 Å². The molecule has 0 amide bonds. The summed E-state index contributed by atoms with van der Waals surface area (Å²) in [7, 11) is 0. The lowest BCUT2D eigenvalue weighted by atomic mass is 10.3. The number of esters is 1. The van der Waals surface area contributed by atoms with Crippen LogP contribution in [0.2, 0.25) is 5.02 Å². The summed E-state index contributed by atoms with van der Waals surface area (Å²) in [5.41, 5.74) is 5.31. The molecule has 0 aliphatic heterocycles. The van der Waals surface area contributed by atoms with Gasteiger partial charge in [0.2, 0.25) is 0 Å². The lowest BCUT2D eigenvalue weighted by molar-refractivity contribution is -0.135. The van der Waals surface area contributed by atoms with Gasteiger partial charge in [-0.3, -0.25) is 0 Å². The molecular formula is C9H10ClNO2. The predicted molar refractivity (Wildman–Crippen MR) is 50.7 cm³/mol. The van der Waals surface area contributed by atoms with Gasteiger partial charge in [-0.1, -0.05) is 11.6 Å². The Balaban J connectivity index is 2.65. The maximum absolute atomic E-state index is 11.0. The fraction of sp³-hybridized carbons (Fsp3) is 0.222. The molecule has 0 radical (unpaired) electrons. The third kappa shape index (κ3) is 3.05. The van der Waals surface area contributed by atoms with E-state index in [1.165, 1.54) is 0 Å². The molecule has 0 aliphatic carbocycles. The Hall–Kier alpha value is -1.06. The highest BCUT2D eigenvalue weighted by molar-refractivity contribution is 6.30. The first-order valence-electron chi connectivity index (χ1n) is 3.82. The molecule has 0 spiro atoms. The Bertz CT molecular complexity index is 295. The molecule has 0 heterocycles. The highest BCUT2D eigenvalue weighted by Crippen LogP contribution is 2.15. The Labute approximate surface area is 81.4 Å². The number of ether oxygens (including phenoxy) is 1. The molecule has 0 bridgehead atoms.